The highest BCUT2D eigenvalue weighted by Gasteiger charge is 2.21. The fourth-order valence-electron chi connectivity index (χ4n) is 3.51. The number of hydrogen-bond acceptors (Lipinski definition) is 4. The first-order valence-electron chi connectivity index (χ1n) is 9.18. The predicted octanol–water partition coefficient (Wildman–Crippen LogP) is 2.69. The van der Waals surface area contributed by atoms with Gasteiger partial charge in [-0.2, -0.15) is 0 Å². The van der Waals surface area contributed by atoms with Gasteiger partial charge in [0.1, 0.15) is 13.2 Å². The monoisotopic (exact) mass is 352 g/mol. The standard InChI is InChI=1S/C21H24N2O3/c1-15(17-6-7-19-20(12-17)26-11-10-25-19)22-13-21(24)23-9-8-16-4-2-3-5-18(16)14-23/h2-7,12,15,22H,8-11,13-14H2,1H3/t15-/m1/s1. The molecule has 0 saturated carbocycles. The molecule has 2 aromatic rings. The summed E-state index contributed by atoms with van der Waals surface area (Å²) in [6.45, 7) is 5.05. The van der Waals surface area contributed by atoms with E-state index in [1.807, 2.05) is 29.2 Å². The van der Waals surface area contributed by atoms with E-state index in [0.717, 1.165) is 30.0 Å². The van der Waals surface area contributed by atoms with E-state index in [4.69, 9.17) is 9.47 Å². The van der Waals surface area contributed by atoms with Crippen molar-refractivity contribution in [3.8, 4) is 11.5 Å². The van der Waals surface area contributed by atoms with Crippen LogP contribution in [-0.2, 0) is 17.8 Å². The maximum absolute atomic E-state index is 12.6. The van der Waals surface area contributed by atoms with Crippen LogP contribution in [0.4, 0.5) is 0 Å². The lowest BCUT2D eigenvalue weighted by molar-refractivity contribution is -0.131. The molecule has 4 rings (SSSR count). The summed E-state index contributed by atoms with van der Waals surface area (Å²) in [7, 11) is 0. The molecule has 0 fully saturated rings. The predicted molar refractivity (Wildman–Crippen MR) is 99.4 cm³/mol. The summed E-state index contributed by atoms with van der Waals surface area (Å²) < 4.78 is 11.2. The third kappa shape index (κ3) is 3.53. The van der Waals surface area contributed by atoms with Crippen LogP contribution in [0.15, 0.2) is 42.5 Å². The normalized spacial score (nSPS) is 16.7. The van der Waals surface area contributed by atoms with Gasteiger partial charge in [0.25, 0.3) is 0 Å². The Hall–Kier alpha value is -2.53. The Morgan fingerprint density at radius 3 is 2.73 bits per heavy atom. The molecule has 0 spiro atoms. The van der Waals surface area contributed by atoms with E-state index in [2.05, 4.69) is 30.4 Å². The van der Waals surface area contributed by atoms with Gasteiger partial charge in [-0.1, -0.05) is 30.3 Å². The first-order chi connectivity index (χ1) is 12.7. The lowest BCUT2D eigenvalue weighted by Crippen LogP contribution is -2.41. The number of hydrogen-bond donors (Lipinski definition) is 1. The fourth-order valence-corrected chi connectivity index (χ4v) is 3.51. The molecule has 2 aliphatic rings. The largest absolute Gasteiger partial charge is 0.486 e. The summed E-state index contributed by atoms with van der Waals surface area (Å²) in [6, 6.07) is 14.4. The number of amides is 1. The van der Waals surface area contributed by atoms with E-state index in [1.165, 1.54) is 11.1 Å². The van der Waals surface area contributed by atoms with E-state index >= 15 is 0 Å². The molecule has 1 atom stereocenters. The van der Waals surface area contributed by atoms with Gasteiger partial charge in [-0.05, 0) is 42.2 Å². The Kier molecular flexibility index (Phi) is 4.80. The maximum atomic E-state index is 12.6. The van der Waals surface area contributed by atoms with Crippen molar-refractivity contribution in [3.05, 3.63) is 59.2 Å². The molecule has 1 N–H and O–H groups in total. The van der Waals surface area contributed by atoms with Crippen LogP contribution in [0.2, 0.25) is 0 Å². The molecule has 0 radical (unpaired) electrons. The molecule has 2 aliphatic heterocycles. The van der Waals surface area contributed by atoms with Gasteiger partial charge in [-0.25, -0.2) is 0 Å². The molecule has 0 saturated heterocycles. The molecule has 5 nitrogen and oxygen atoms in total. The smallest absolute Gasteiger partial charge is 0.236 e. The molecule has 2 heterocycles. The Labute approximate surface area is 153 Å². The molecule has 2 aromatic carbocycles. The van der Waals surface area contributed by atoms with E-state index < -0.39 is 0 Å². The van der Waals surface area contributed by atoms with Crippen LogP contribution in [0.5, 0.6) is 11.5 Å². The van der Waals surface area contributed by atoms with Gasteiger partial charge >= 0.3 is 0 Å². The minimum Gasteiger partial charge on any atom is -0.486 e. The third-order valence-electron chi connectivity index (χ3n) is 5.11. The Morgan fingerprint density at radius 2 is 1.88 bits per heavy atom. The highest BCUT2D eigenvalue weighted by atomic mass is 16.6. The van der Waals surface area contributed by atoms with Crippen molar-refractivity contribution in [3.63, 3.8) is 0 Å². The van der Waals surface area contributed by atoms with Gasteiger partial charge in [0.2, 0.25) is 5.91 Å². The zero-order valence-electron chi connectivity index (χ0n) is 15.0. The van der Waals surface area contributed by atoms with Crippen LogP contribution in [0.3, 0.4) is 0 Å². The molecule has 0 aliphatic carbocycles. The summed E-state index contributed by atoms with van der Waals surface area (Å²) in [6.07, 6.45) is 0.930. The van der Waals surface area contributed by atoms with Gasteiger partial charge < -0.3 is 19.7 Å². The zero-order valence-corrected chi connectivity index (χ0v) is 15.0. The van der Waals surface area contributed by atoms with Crippen LogP contribution in [0.25, 0.3) is 0 Å². The van der Waals surface area contributed by atoms with Gasteiger partial charge in [0.15, 0.2) is 11.5 Å². The van der Waals surface area contributed by atoms with E-state index in [-0.39, 0.29) is 11.9 Å². The molecule has 0 aromatic heterocycles. The maximum Gasteiger partial charge on any atom is 0.236 e. The minimum absolute atomic E-state index is 0.0619. The molecule has 0 unspecified atom stereocenters. The fraction of sp³-hybridized carbons (Fsp3) is 0.381. The number of ether oxygens (including phenoxy) is 2. The van der Waals surface area contributed by atoms with Crippen molar-refractivity contribution in [2.45, 2.75) is 25.9 Å². The third-order valence-corrected chi connectivity index (χ3v) is 5.11. The Balaban J connectivity index is 1.34. The quantitative estimate of drug-likeness (QED) is 0.919. The molecule has 26 heavy (non-hydrogen) atoms. The number of rotatable bonds is 4. The van der Waals surface area contributed by atoms with Gasteiger partial charge in [-0.3, -0.25) is 4.79 Å². The van der Waals surface area contributed by atoms with E-state index in [0.29, 0.717) is 26.3 Å². The lowest BCUT2D eigenvalue weighted by Gasteiger charge is -2.29. The van der Waals surface area contributed by atoms with Gasteiger partial charge in [-0.15, -0.1) is 0 Å². The Bertz CT molecular complexity index is 806. The van der Waals surface area contributed by atoms with Crippen LogP contribution in [0.1, 0.15) is 29.7 Å². The number of nitrogens with one attached hydrogen (secondary N) is 1. The first-order valence-corrected chi connectivity index (χ1v) is 9.18. The van der Waals surface area contributed by atoms with Crippen LogP contribution < -0.4 is 14.8 Å². The second-order valence-corrected chi connectivity index (χ2v) is 6.84. The highest BCUT2D eigenvalue weighted by Crippen LogP contribution is 2.32. The molecule has 5 heteroatoms. The van der Waals surface area contributed by atoms with Crippen LogP contribution >= 0.6 is 0 Å². The van der Waals surface area contributed by atoms with E-state index in [1.54, 1.807) is 0 Å². The summed E-state index contributed by atoms with van der Waals surface area (Å²) >= 11 is 0. The molecule has 1 amide bonds. The number of nitrogens with zero attached hydrogens (tertiary/aromatic N) is 1. The van der Waals surface area contributed by atoms with Crippen molar-refractivity contribution in [1.29, 1.82) is 0 Å². The average molecular weight is 352 g/mol. The van der Waals surface area contributed by atoms with Crippen LogP contribution in [-0.4, -0.2) is 37.1 Å². The SMILES string of the molecule is C[C@@H](NCC(=O)N1CCc2ccccc2C1)c1ccc2c(c1)OCCO2. The van der Waals surface area contributed by atoms with Crippen molar-refractivity contribution in [2.75, 3.05) is 26.3 Å². The molecule has 136 valence electrons. The van der Waals surface area contributed by atoms with Crippen LogP contribution in [0, 0.1) is 0 Å². The van der Waals surface area contributed by atoms with E-state index in [9.17, 15) is 4.79 Å². The number of fused-ring (bicyclic) bond motifs is 2. The molecular weight excluding hydrogens is 328 g/mol. The Morgan fingerprint density at radius 1 is 1.12 bits per heavy atom. The lowest BCUT2D eigenvalue weighted by atomic mass is 10.00. The number of carbonyl (C=O) groups excluding carboxylic acids is 1. The number of benzene rings is 2. The number of carbonyl (C=O) groups is 1. The van der Waals surface area contributed by atoms with Crippen molar-refractivity contribution < 1.29 is 14.3 Å². The van der Waals surface area contributed by atoms with Gasteiger partial charge in [0.05, 0.1) is 6.54 Å². The second kappa shape index (κ2) is 7.38. The van der Waals surface area contributed by atoms with Gasteiger partial charge in [0, 0.05) is 19.1 Å². The molecular formula is C21H24N2O3. The zero-order chi connectivity index (χ0) is 17.9. The first kappa shape index (κ1) is 16.9. The van der Waals surface area contributed by atoms with Crippen molar-refractivity contribution in [1.82, 2.24) is 10.2 Å². The highest BCUT2D eigenvalue weighted by molar-refractivity contribution is 5.78. The summed E-state index contributed by atoms with van der Waals surface area (Å²) in [4.78, 5) is 14.5. The topological polar surface area (TPSA) is 50.8 Å². The molecule has 0 bridgehead atoms. The summed E-state index contributed by atoms with van der Waals surface area (Å²) in [5, 5.41) is 3.34. The minimum atomic E-state index is 0.0619. The summed E-state index contributed by atoms with van der Waals surface area (Å²) in [5.41, 5.74) is 3.70. The van der Waals surface area contributed by atoms with Crippen molar-refractivity contribution >= 4 is 5.91 Å². The van der Waals surface area contributed by atoms with Crippen molar-refractivity contribution in [2.24, 2.45) is 0 Å². The average Bonchev–Trinajstić information content (AvgIpc) is 2.71. The summed E-state index contributed by atoms with van der Waals surface area (Å²) in [5.74, 6) is 1.71. The second-order valence-electron chi connectivity index (χ2n) is 6.84.